The number of benzene rings is 1. The number of carbonyl (C=O) groups excluding carboxylic acids is 1. The molecule has 0 spiro atoms. The monoisotopic (exact) mass is 224 g/mol. The van der Waals surface area contributed by atoms with Gasteiger partial charge in [-0.15, -0.1) is 0 Å². The fourth-order valence-electron chi connectivity index (χ4n) is 1.38. The van der Waals surface area contributed by atoms with Gasteiger partial charge in [-0.05, 0) is 23.8 Å². The third-order valence-corrected chi connectivity index (χ3v) is 2.27. The van der Waals surface area contributed by atoms with Crippen LogP contribution in [0.1, 0.15) is 5.56 Å². The van der Waals surface area contributed by atoms with Gasteiger partial charge in [-0.1, -0.05) is 17.7 Å². The molecule has 3 nitrogen and oxygen atoms in total. The lowest BCUT2D eigenvalue weighted by molar-refractivity contribution is -0.104. The van der Waals surface area contributed by atoms with Gasteiger partial charge in [0.15, 0.2) is 11.5 Å². The van der Waals surface area contributed by atoms with E-state index >= 15 is 0 Å². The zero-order valence-electron chi connectivity index (χ0n) is 7.90. The zero-order valence-corrected chi connectivity index (χ0v) is 8.66. The molecular formula is C11H9ClO3. The largest absolute Gasteiger partial charge is 0.486 e. The first kappa shape index (κ1) is 10.1. The summed E-state index contributed by atoms with van der Waals surface area (Å²) < 4.78 is 10.8. The van der Waals surface area contributed by atoms with Gasteiger partial charge in [0.1, 0.15) is 19.5 Å². The second kappa shape index (κ2) is 4.36. The van der Waals surface area contributed by atoms with Crippen molar-refractivity contribution >= 4 is 24.0 Å². The standard InChI is InChI=1S/C11H9ClO3/c12-9-6-8(2-1-3-13)7-10-11(9)15-5-4-14-10/h1-3,6-7H,4-5H2. The summed E-state index contributed by atoms with van der Waals surface area (Å²) in [5.41, 5.74) is 0.816. The third-order valence-electron chi connectivity index (χ3n) is 1.99. The molecule has 1 aliphatic rings. The molecule has 0 unspecified atom stereocenters. The molecule has 0 saturated carbocycles. The summed E-state index contributed by atoms with van der Waals surface area (Å²) in [7, 11) is 0. The summed E-state index contributed by atoms with van der Waals surface area (Å²) in [6, 6.07) is 3.52. The summed E-state index contributed by atoms with van der Waals surface area (Å²) in [6.45, 7) is 1.03. The Balaban J connectivity index is 2.40. The Morgan fingerprint density at radius 1 is 1.27 bits per heavy atom. The number of rotatable bonds is 2. The molecule has 0 radical (unpaired) electrons. The van der Waals surface area contributed by atoms with Crippen LogP contribution in [0.5, 0.6) is 11.5 Å². The van der Waals surface area contributed by atoms with E-state index in [4.69, 9.17) is 21.1 Å². The van der Waals surface area contributed by atoms with Crippen LogP contribution in [-0.2, 0) is 4.79 Å². The zero-order chi connectivity index (χ0) is 10.7. The first-order chi connectivity index (χ1) is 7.31. The van der Waals surface area contributed by atoms with E-state index in [1.807, 2.05) is 0 Å². The van der Waals surface area contributed by atoms with Crippen molar-refractivity contribution in [2.45, 2.75) is 0 Å². The topological polar surface area (TPSA) is 35.5 Å². The van der Waals surface area contributed by atoms with Crippen molar-refractivity contribution in [2.75, 3.05) is 13.2 Å². The van der Waals surface area contributed by atoms with Gasteiger partial charge in [-0.2, -0.15) is 0 Å². The number of allylic oxidation sites excluding steroid dienone is 1. The molecule has 1 aromatic carbocycles. The van der Waals surface area contributed by atoms with Crippen LogP contribution in [0.15, 0.2) is 18.2 Å². The number of halogens is 1. The minimum atomic E-state index is 0.498. The number of carbonyl (C=O) groups is 1. The van der Waals surface area contributed by atoms with E-state index in [1.54, 1.807) is 18.2 Å². The lowest BCUT2D eigenvalue weighted by atomic mass is 10.2. The highest BCUT2D eigenvalue weighted by Crippen LogP contribution is 2.38. The van der Waals surface area contributed by atoms with E-state index in [-0.39, 0.29) is 0 Å². The fraction of sp³-hybridized carbons (Fsp3) is 0.182. The Morgan fingerprint density at radius 2 is 2.07 bits per heavy atom. The van der Waals surface area contributed by atoms with Crippen LogP contribution in [0.2, 0.25) is 5.02 Å². The second-order valence-electron chi connectivity index (χ2n) is 3.02. The molecule has 0 N–H and O–H groups in total. The number of fused-ring (bicyclic) bond motifs is 1. The molecule has 0 saturated heterocycles. The summed E-state index contributed by atoms with van der Waals surface area (Å²) in [4.78, 5) is 10.2. The number of hydrogen-bond donors (Lipinski definition) is 0. The molecule has 2 rings (SSSR count). The Labute approximate surface area is 92.3 Å². The second-order valence-corrected chi connectivity index (χ2v) is 3.43. The Morgan fingerprint density at radius 3 is 2.87 bits per heavy atom. The third kappa shape index (κ3) is 2.13. The Kier molecular flexibility index (Phi) is 2.92. The number of hydrogen-bond acceptors (Lipinski definition) is 3. The minimum Gasteiger partial charge on any atom is -0.486 e. The summed E-state index contributed by atoms with van der Waals surface area (Å²) in [5, 5.41) is 0.498. The van der Waals surface area contributed by atoms with Crippen LogP contribution in [-0.4, -0.2) is 19.5 Å². The average Bonchev–Trinajstić information content (AvgIpc) is 2.26. The lowest BCUT2D eigenvalue weighted by Gasteiger charge is -2.19. The highest BCUT2D eigenvalue weighted by molar-refractivity contribution is 6.32. The molecule has 15 heavy (non-hydrogen) atoms. The first-order valence-corrected chi connectivity index (χ1v) is 4.90. The fourth-order valence-corrected chi connectivity index (χ4v) is 1.65. The number of ether oxygens (including phenoxy) is 2. The molecule has 1 aliphatic heterocycles. The van der Waals surface area contributed by atoms with Crippen LogP contribution in [0, 0.1) is 0 Å². The normalized spacial score (nSPS) is 14.2. The van der Waals surface area contributed by atoms with Gasteiger partial charge in [-0.25, -0.2) is 0 Å². The Bertz CT molecular complexity index is 413. The van der Waals surface area contributed by atoms with Crippen molar-refractivity contribution in [3.63, 3.8) is 0 Å². The summed E-state index contributed by atoms with van der Waals surface area (Å²) in [6.07, 6.45) is 3.78. The molecule has 0 bridgehead atoms. The molecule has 0 amide bonds. The predicted molar refractivity (Wildman–Crippen MR) is 57.5 cm³/mol. The lowest BCUT2D eigenvalue weighted by Crippen LogP contribution is -2.15. The van der Waals surface area contributed by atoms with Gasteiger partial charge in [0.05, 0.1) is 5.02 Å². The van der Waals surface area contributed by atoms with E-state index in [0.29, 0.717) is 36.0 Å². The molecule has 1 aromatic rings. The van der Waals surface area contributed by atoms with Crippen molar-refractivity contribution in [1.29, 1.82) is 0 Å². The van der Waals surface area contributed by atoms with Crippen molar-refractivity contribution in [1.82, 2.24) is 0 Å². The molecule has 0 fully saturated rings. The van der Waals surface area contributed by atoms with E-state index in [9.17, 15) is 4.79 Å². The minimum absolute atomic E-state index is 0.498. The van der Waals surface area contributed by atoms with Crippen LogP contribution in [0.3, 0.4) is 0 Å². The van der Waals surface area contributed by atoms with Gasteiger partial charge in [-0.3, -0.25) is 4.79 Å². The molecule has 78 valence electrons. The molecule has 1 heterocycles. The molecular weight excluding hydrogens is 216 g/mol. The van der Waals surface area contributed by atoms with Crippen LogP contribution in [0.25, 0.3) is 6.08 Å². The van der Waals surface area contributed by atoms with Crippen molar-refractivity contribution in [3.8, 4) is 11.5 Å². The summed E-state index contributed by atoms with van der Waals surface area (Å²) >= 11 is 6.00. The highest BCUT2D eigenvalue weighted by Gasteiger charge is 2.15. The smallest absolute Gasteiger partial charge is 0.179 e. The van der Waals surface area contributed by atoms with Gasteiger partial charge >= 0.3 is 0 Å². The van der Waals surface area contributed by atoms with Gasteiger partial charge in [0, 0.05) is 0 Å². The first-order valence-electron chi connectivity index (χ1n) is 4.52. The maximum atomic E-state index is 10.2. The summed E-state index contributed by atoms with van der Waals surface area (Å²) in [5.74, 6) is 1.20. The van der Waals surface area contributed by atoms with Gasteiger partial charge in [0.2, 0.25) is 0 Å². The Hall–Kier alpha value is -1.48. The van der Waals surface area contributed by atoms with Crippen molar-refractivity contribution in [3.05, 3.63) is 28.8 Å². The van der Waals surface area contributed by atoms with E-state index in [1.165, 1.54) is 6.08 Å². The quantitative estimate of drug-likeness (QED) is 0.571. The van der Waals surface area contributed by atoms with Gasteiger partial charge in [0.25, 0.3) is 0 Å². The van der Waals surface area contributed by atoms with Crippen molar-refractivity contribution < 1.29 is 14.3 Å². The van der Waals surface area contributed by atoms with E-state index in [2.05, 4.69) is 0 Å². The molecule has 0 aliphatic carbocycles. The van der Waals surface area contributed by atoms with Crippen LogP contribution >= 0.6 is 11.6 Å². The molecule has 0 aromatic heterocycles. The van der Waals surface area contributed by atoms with Crippen LogP contribution in [0.4, 0.5) is 0 Å². The maximum absolute atomic E-state index is 10.2. The highest BCUT2D eigenvalue weighted by atomic mass is 35.5. The number of aldehydes is 1. The maximum Gasteiger partial charge on any atom is 0.179 e. The SMILES string of the molecule is O=CC=Cc1cc(Cl)c2c(c1)OCCO2. The van der Waals surface area contributed by atoms with Gasteiger partial charge < -0.3 is 9.47 Å². The average molecular weight is 225 g/mol. The molecule has 4 heteroatoms. The predicted octanol–water partition coefficient (Wildman–Crippen LogP) is 2.32. The van der Waals surface area contributed by atoms with E-state index < -0.39 is 0 Å². The molecule has 0 atom stereocenters. The van der Waals surface area contributed by atoms with E-state index in [0.717, 1.165) is 5.56 Å². The van der Waals surface area contributed by atoms with Crippen LogP contribution < -0.4 is 9.47 Å². The van der Waals surface area contributed by atoms with Crippen molar-refractivity contribution in [2.24, 2.45) is 0 Å².